The van der Waals surface area contributed by atoms with Gasteiger partial charge in [-0.15, -0.1) is 0 Å². The Morgan fingerprint density at radius 2 is 1.88 bits per heavy atom. The van der Waals surface area contributed by atoms with E-state index in [1.807, 2.05) is 6.92 Å². The van der Waals surface area contributed by atoms with Crippen molar-refractivity contribution in [2.24, 2.45) is 0 Å². The number of nitrogens with zero attached hydrogens (tertiary/aromatic N) is 2. The van der Waals surface area contributed by atoms with Crippen molar-refractivity contribution in [1.29, 1.82) is 0 Å². The minimum Gasteiger partial charge on any atom is -0.342 e. The van der Waals surface area contributed by atoms with Crippen LogP contribution in [-0.4, -0.2) is 29.2 Å². The second-order valence-corrected chi connectivity index (χ2v) is 6.98. The van der Waals surface area contributed by atoms with E-state index in [0.29, 0.717) is 29.4 Å². The zero-order valence-corrected chi connectivity index (χ0v) is 15.7. The van der Waals surface area contributed by atoms with E-state index in [0.717, 1.165) is 25.7 Å². The maximum absolute atomic E-state index is 11.0. The predicted octanol–water partition coefficient (Wildman–Crippen LogP) is 4.00. The Balaban J connectivity index is 2.66. The number of nitrogens with one attached hydrogen (secondary N) is 1. The fourth-order valence-corrected chi connectivity index (χ4v) is 3.03. The van der Waals surface area contributed by atoms with Crippen molar-refractivity contribution in [2.75, 3.05) is 5.32 Å². The summed E-state index contributed by atoms with van der Waals surface area (Å²) in [5.74, 6) is 0.295. The van der Waals surface area contributed by atoms with Gasteiger partial charge in [-0.1, -0.05) is 57.6 Å². The Kier molecular flexibility index (Phi) is 9.50. The first-order valence-corrected chi connectivity index (χ1v) is 10.0. The van der Waals surface area contributed by atoms with Gasteiger partial charge in [0.25, 0.3) is 0 Å². The average Bonchev–Trinajstić information content (AvgIpc) is 2.51. The molecule has 7 nitrogen and oxygen atoms in total. The summed E-state index contributed by atoms with van der Waals surface area (Å²) in [7, 11) is -4.57. The third-order valence-electron chi connectivity index (χ3n) is 3.55. The molecule has 0 saturated heterocycles. The summed E-state index contributed by atoms with van der Waals surface area (Å²) in [4.78, 5) is 8.07. The molecule has 0 aliphatic heterocycles. The van der Waals surface area contributed by atoms with Gasteiger partial charge in [0.2, 0.25) is 0 Å². The van der Waals surface area contributed by atoms with Crippen molar-refractivity contribution in [2.45, 2.75) is 71.4 Å². The van der Waals surface area contributed by atoms with Crippen LogP contribution < -0.4 is 5.32 Å². The molecule has 1 aromatic heterocycles. The number of rotatable bonds is 12. The Labute approximate surface area is 149 Å². The van der Waals surface area contributed by atoms with E-state index in [1.165, 1.54) is 19.2 Å². The highest BCUT2D eigenvalue weighted by Crippen LogP contribution is 2.24. The van der Waals surface area contributed by atoms with Crippen LogP contribution in [0.15, 0.2) is 6.33 Å². The zero-order chi connectivity index (χ0) is 18.0. The van der Waals surface area contributed by atoms with E-state index in [-0.39, 0.29) is 0 Å². The molecule has 0 bridgehead atoms. The van der Waals surface area contributed by atoms with E-state index >= 15 is 0 Å². The van der Waals surface area contributed by atoms with Crippen LogP contribution in [0, 0.1) is 0 Å². The molecule has 1 atom stereocenters. The number of unbranched alkanes of at least 4 members (excludes halogenated alkanes) is 5. The number of hydrogen-bond acceptors (Lipinski definition) is 6. The Morgan fingerprint density at radius 1 is 1.21 bits per heavy atom. The standard InChI is InChI=1S/C15H26ClN3O4S/c1-3-5-6-7-8-9-10-13(23-24(20,21)22)19-15-14(16)12(4-2)17-11-18-15/h11,13H,3-10H2,1-2H3,(H,17,18,19)(H,20,21,22). The molecule has 1 unspecified atom stereocenters. The zero-order valence-electron chi connectivity index (χ0n) is 14.2. The molecular weight excluding hydrogens is 354 g/mol. The van der Waals surface area contributed by atoms with Gasteiger partial charge in [0.1, 0.15) is 17.6 Å². The number of anilines is 1. The van der Waals surface area contributed by atoms with Crippen LogP contribution in [0.25, 0.3) is 0 Å². The molecular formula is C15H26ClN3O4S. The molecule has 9 heteroatoms. The number of aromatic nitrogens is 2. The number of hydrogen-bond donors (Lipinski definition) is 2. The SMILES string of the molecule is CCCCCCCCC(Nc1ncnc(CC)c1Cl)OS(=O)(=O)O. The molecule has 1 heterocycles. The lowest BCUT2D eigenvalue weighted by Crippen LogP contribution is -2.27. The van der Waals surface area contributed by atoms with Gasteiger partial charge >= 0.3 is 10.4 Å². The van der Waals surface area contributed by atoms with E-state index < -0.39 is 16.6 Å². The number of aryl methyl sites for hydroxylation is 1. The van der Waals surface area contributed by atoms with Gasteiger partial charge in [-0.25, -0.2) is 14.2 Å². The van der Waals surface area contributed by atoms with Gasteiger partial charge in [0.05, 0.1) is 5.69 Å². The molecule has 0 amide bonds. The molecule has 0 fully saturated rings. The van der Waals surface area contributed by atoms with Gasteiger partial charge in [-0.3, -0.25) is 4.55 Å². The van der Waals surface area contributed by atoms with Gasteiger partial charge in [-0.2, -0.15) is 8.42 Å². The first kappa shape index (κ1) is 21.1. The summed E-state index contributed by atoms with van der Waals surface area (Å²) < 4.78 is 35.7. The van der Waals surface area contributed by atoms with Crippen molar-refractivity contribution < 1.29 is 17.2 Å². The summed E-state index contributed by atoms with van der Waals surface area (Å²) in [6.07, 6.45) is 7.79. The minimum atomic E-state index is -4.57. The minimum absolute atomic E-state index is 0.295. The van der Waals surface area contributed by atoms with Crippen LogP contribution in [0.1, 0.15) is 64.5 Å². The van der Waals surface area contributed by atoms with Crippen molar-refractivity contribution >= 4 is 27.8 Å². The lowest BCUT2D eigenvalue weighted by molar-refractivity contribution is 0.192. The molecule has 0 aliphatic rings. The largest absolute Gasteiger partial charge is 0.399 e. The Bertz CT molecular complexity index is 598. The van der Waals surface area contributed by atoms with Gasteiger partial charge in [0, 0.05) is 0 Å². The lowest BCUT2D eigenvalue weighted by atomic mass is 10.1. The quantitative estimate of drug-likeness (QED) is 0.321. The fraction of sp³-hybridized carbons (Fsp3) is 0.733. The van der Waals surface area contributed by atoms with E-state index in [4.69, 9.17) is 20.3 Å². The van der Waals surface area contributed by atoms with E-state index in [1.54, 1.807) is 0 Å². The molecule has 0 aromatic carbocycles. The summed E-state index contributed by atoms with van der Waals surface area (Å²) in [6, 6.07) is 0. The van der Waals surface area contributed by atoms with Crippen LogP contribution in [0.3, 0.4) is 0 Å². The van der Waals surface area contributed by atoms with Crippen LogP contribution in [0.4, 0.5) is 5.82 Å². The molecule has 2 N–H and O–H groups in total. The van der Waals surface area contributed by atoms with E-state index in [9.17, 15) is 8.42 Å². The second-order valence-electron chi connectivity index (χ2n) is 5.55. The highest BCUT2D eigenvalue weighted by atomic mass is 35.5. The second kappa shape index (κ2) is 10.8. The van der Waals surface area contributed by atoms with Crippen molar-refractivity contribution in [1.82, 2.24) is 9.97 Å². The normalized spacial score (nSPS) is 13.0. The van der Waals surface area contributed by atoms with Crippen molar-refractivity contribution in [3.8, 4) is 0 Å². The molecule has 24 heavy (non-hydrogen) atoms. The predicted molar refractivity (Wildman–Crippen MR) is 94.5 cm³/mol. The van der Waals surface area contributed by atoms with Crippen LogP contribution in [0.2, 0.25) is 5.02 Å². The molecule has 0 aliphatic carbocycles. The molecule has 1 rings (SSSR count). The highest BCUT2D eigenvalue weighted by Gasteiger charge is 2.19. The smallest absolute Gasteiger partial charge is 0.342 e. The summed E-state index contributed by atoms with van der Waals surface area (Å²) in [5, 5.41) is 3.16. The molecule has 0 spiro atoms. The fourth-order valence-electron chi connectivity index (χ4n) is 2.31. The topological polar surface area (TPSA) is 101 Å². The third-order valence-corrected chi connectivity index (χ3v) is 4.42. The van der Waals surface area contributed by atoms with Crippen LogP contribution in [-0.2, 0) is 21.0 Å². The summed E-state index contributed by atoms with van der Waals surface area (Å²) >= 11 is 6.19. The van der Waals surface area contributed by atoms with Crippen LogP contribution in [0.5, 0.6) is 0 Å². The average molecular weight is 380 g/mol. The van der Waals surface area contributed by atoms with E-state index in [2.05, 4.69) is 22.2 Å². The Morgan fingerprint density at radius 3 is 2.50 bits per heavy atom. The summed E-state index contributed by atoms with van der Waals surface area (Å²) in [6.45, 7) is 4.05. The maximum atomic E-state index is 11.0. The third kappa shape index (κ3) is 8.23. The maximum Gasteiger partial charge on any atom is 0.399 e. The van der Waals surface area contributed by atoms with Gasteiger partial charge < -0.3 is 5.32 Å². The molecule has 0 saturated carbocycles. The monoisotopic (exact) mass is 379 g/mol. The van der Waals surface area contributed by atoms with Crippen molar-refractivity contribution in [3.05, 3.63) is 17.0 Å². The summed E-state index contributed by atoms with van der Waals surface area (Å²) in [5.41, 5.74) is 0.652. The first-order valence-electron chi connectivity index (χ1n) is 8.29. The molecule has 1 aromatic rings. The molecule has 0 radical (unpaired) electrons. The van der Waals surface area contributed by atoms with Crippen molar-refractivity contribution in [3.63, 3.8) is 0 Å². The first-order chi connectivity index (χ1) is 11.4. The lowest BCUT2D eigenvalue weighted by Gasteiger charge is -2.18. The van der Waals surface area contributed by atoms with Gasteiger partial charge in [-0.05, 0) is 19.3 Å². The number of halogens is 1. The highest BCUT2D eigenvalue weighted by molar-refractivity contribution is 7.80. The molecule has 138 valence electrons. The van der Waals surface area contributed by atoms with Crippen LogP contribution >= 0.6 is 11.6 Å². The Hall–Kier alpha value is -0.960. The van der Waals surface area contributed by atoms with Gasteiger partial charge in [0.15, 0.2) is 5.82 Å².